The van der Waals surface area contributed by atoms with E-state index in [1.807, 2.05) is 0 Å². The molecule has 3 N–H and O–H groups in total. The quantitative estimate of drug-likeness (QED) is 0.403. The van der Waals surface area contributed by atoms with Crippen LogP contribution in [-0.4, -0.2) is 64.6 Å². The van der Waals surface area contributed by atoms with Gasteiger partial charge in [0.2, 0.25) is 0 Å². The molecule has 0 bridgehead atoms. The zero-order valence-corrected chi connectivity index (χ0v) is 16.8. The fraction of sp³-hybridized carbons (Fsp3) is 1.00. The molecule has 0 aromatic heterocycles. The molecular formula is C19H38O5S. The van der Waals surface area contributed by atoms with Crippen molar-refractivity contribution < 1.29 is 24.8 Å². The molecule has 6 heteroatoms. The normalized spacial score (nSPS) is 29.9. The number of hydrogen-bond acceptors (Lipinski definition) is 6. The van der Waals surface area contributed by atoms with Crippen LogP contribution in [0.1, 0.15) is 71.1 Å². The van der Waals surface area contributed by atoms with Crippen molar-refractivity contribution in [2.45, 2.75) is 102 Å². The Labute approximate surface area is 157 Å². The first-order valence-electron chi connectivity index (χ1n) is 9.92. The summed E-state index contributed by atoms with van der Waals surface area (Å²) in [5.41, 5.74) is 0. The molecule has 5 nitrogen and oxygen atoms in total. The maximum Gasteiger partial charge on any atom is 0.186 e. The Hall–Kier alpha value is 0.150. The topological polar surface area (TPSA) is 79.2 Å². The Balaban J connectivity index is 1.99. The van der Waals surface area contributed by atoms with E-state index >= 15 is 0 Å². The van der Waals surface area contributed by atoms with E-state index in [0.29, 0.717) is 5.75 Å². The van der Waals surface area contributed by atoms with Gasteiger partial charge in [-0.25, -0.2) is 0 Å². The molecule has 150 valence electrons. The summed E-state index contributed by atoms with van der Waals surface area (Å²) in [6, 6.07) is 0. The number of unbranched alkanes of at least 4 members (excludes halogenated alkanes) is 9. The second kappa shape index (κ2) is 14.2. The van der Waals surface area contributed by atoms with Gasteiger partial charge in [0.1, 0.15) is 18.3 Å². The summed E-state index contributed by atoms with van der Waals surface area (Å²) in [5, 5.41) is 29.6. The lowest BCUT2D eigenvalue weighted by Crippen LogP contribution is -2.58. The Morgan fingerprint density at radius 2 is 1.36 bits per heavy atom. The molecule has 0 amide bonds. The molecule has 0 aliphatic carbocycles. The van der Waals surface area contributed by atoms with Crippen molar-refractivity contribution in [1.82, 2.24) is 0 Å². The SMILES string of the molecule is CCCCCCCCCCCCSC[C@H]1O[C@H](OC)[C@H](O)[C@@H](O)[C@@H]1O. The third-order valence-electron chi connectivity index (χ3n) is 4.83. The van der Waals surface area contributed by atoms with Crippen molar-refractivity contribution in [3.05, 3.63) is 0 Å². The van der Waals surface area contributed by atoms with Crippen LogP contribution in [0.15, 0.2) is 0 Å². The number of ether oxygens (including phenoxy) is 2. The molecule has 1 aliphatic rings. The third kappa shape index (κ3) is 9.07. The number of aliphatic hydroxyl groups excluding tert-OH is 3. The Kier molecular flexibility index (Phi) is 13.2. The Morgan fingerprint density at radius 3 is 1.92 bits per heavy atom. The molecule has 0 spiro atoms. The van der Waals surface area contributed by atoms with E-state index < -0.39 is 30.7 Å². The number of aliphatic hydroxyl groups is 3. The van der Waals surface area contributed by atoms with Gasteiger partial charge in [-0.1, -0.05) is 64.7 Å². The highest BCUT2D eigenvalue weighted by atomic mass is 32.2. The summed E-state index contributed by atoms with van der Waals surface area (Å²) in [6.07, 6.45) is 8.37. The first-order valence-corrected chi connectivity index (χ1v) is 11.1. The van der Waals surface area contributed by atoms with Gasteiger partial charge in [0.15, 0.2) is 6.29 Å². The smallest absolute Gasteiger partial charge is 0.186 e. The lowest BCUT2D eigenvalue weighted by atomic mass is 10.00. The first kappa shape index (κ1) is 23.2. The number of thioether (sulfide) groups is 1. The second-order valence-corrected chi connectivity index (χ2v) is 8.16. The van der Waals surface area contributed by atoms with Crippen molar-refractivity contribution in [1.29, 1.82) is 0 Å². The van der Waals surface area contributed by atoms with E-state index in [4.69, 9.17) is 9.47 Å². The van der Waals surface area contributed by atoms with E-state index in [-0.39, 0.29) is 0 Å². The molecule has 1 heterocycles. The van der Waals surface area contributed by atoms with E-state index in [1.165, 1.54) is 71.3 Å². The standard InChI is InChI=1S/C19H38O5S/c1-3-4-5-6-7-8-9-10-11-12-13-25-14-15-16(20)17(21)18(22)19(23-2)24-15/h15-22H,3-14H2,1-2H3/t15-,16-,17+,18-,19+/m1/s1. The summed E-state index contributed by atoms with van der Waals surface area (Å²) in [5.74, 6) is 1.63. The first-order chi connectivity index (χ1) is 12.1. The van der Waals surface area contributed by atoms with Crippen molar-refractivity contribution in [2.75, 3.05) is 18.6 Å². The van der Waals surface area contributed by atoms with Gasteiger partial charge >= 0.3 is 0 Å². The molecule has 1 saturated heterocycles. The van der Waals surface area contributed by atoms with Crippen LogP contribution >= 0.6 is 11.8 Å². The van der Waals surface area contributed by atoms with E-state index in [0.717, 1.165) is 5.75 Å². The third-order valence-corrected chi connectivity index (χ3v) is 5.97. The lowest BCUT2D eigenvalue weighted by Gasteiger charge is -2.39. The second-order valence-electron chi connectivity index (χ2n) is 7.01. The van der Waals surface area contributed by atoms with Crippen molar-refractivity contribution in [2.24, 2.45) is 0 Å². The zero-order chi connectivity index (χ0) is 18.5. The zero-order valence-electron chi connectivity index (χ0n) is 15.9. The van der Waals surface area contributed by atoms with E-state index in [9.17, 15) is 15.3 Å². The summed E-state index contributed by atoms with van der Waals surface area (Å²) in [7, 11) is 1.42. The molecular weight excluding hydrogens is 340 g/mol. The van der Waals surface area contributed by atoms with Crippen molar-refractivity contribution in [3.8, 4) is 0 Å². The van der Waals surface area contributed by atoms with E-state index in [2.05, 4.69) is 6.92 Å². The molecule has 25 heavy (non-hydrogen) atoms. The summed E-state index contributed by atoms with van der Waals surface area (Å²) >= 11 is 1.72. The highest BCUT2D eigenvalue weighted by Gasteiger charge is 2.43. The van der Waals surface area contributed by atoms with Gasteiger partial charge in [-0.3, -0.25) is 0 Å². The van der Waals surface area contributed by atoms with Gasteiger partial charge < -0.3 is 24.8 Å². The maximum atomic E-state index is 9.99. The summed E-state index contributed by atoms with van der Waals surface area (Å²) in [4.78, 5) is 0. The van der Waals surface area contributed by atoms with Crippen molar-refractivity contribution >= 4 is 11.8 Å². The average molecular weight is 379 g/mol. The highest BCUT2D eigenvalue weighted by molar-refractivity contribution is 7.99. The summed E-state index contributed by atoms with van der Waals surface area (Å²) in [6.45, 7) is 2.25. The molecule has 0 unspecified atom stereocenters. The van der Waals surface area contributed by atoms with Gasteiger partial charge in [-0.15, -0.1) is 0 Å². The molecule has 0 saturated carbocycles. The minimum atomic E-state index is -1.22. The molecule has 1 rings (SSSR count). The minimum Gasteiger partial charge on any atom is -0.388 e. The fourth-order valence-corrected chi connectivity index (χ4v) is 4.22. The molecule has 0 aromatic carbocycles. The summed E-state index contributed by atoms with van der Waals surface area (Å²) < 4.78 is 10.5. The van der Waals surface area contributed by atoms with Crippen LogP contribution in [0.4, 0.5) is 0 Å². The van der Waals surface area contributed by atoms with Crippen molar-refractivity contribution in [3.63, 3.8) is 0 Å². The molecule has 0 aromatic rings. The van der Waals surface area contributed by atoms with Crippen LogP contribution < -0.4 is 0 Å². The van der Waals surface area contributed by atoms with Gasteiger partial charge in [-0.2, -0.15) is 11.8 Å². The number of methoxy groups -OCH3 is 1. The number of rotatable bonds is 14. The van der Waals surface area contributed by atoms with Crippen LogP contribution in [0.3, 0.4) is 0 Å². The van der Waals surface area contributed by atoms with Gasteiger partial charge in [0.05, 0.1) is 6.10 Å². The van der Waals surface area contributed by atoms with Crippen LogP contribution in [0.25, 0.3) is 0 Å². The van der Waals surface area contributed by atoms with Gasteiger partial charge in [0, 0.05) is 12.9 Å². The molecule has 0 radical (unpaired) electrons. The molecule has 1 aliphatic heterocycles. The molecule has 5 atom stereocenters. The van der Waals surface area contributed by atoms with Crippen LogP contribution in [0, 0.1) is 0 Å². The Bertz CT molecular complexity index is 316. The maximum absolute atomic E-state index is 9.99. The lowest BCUT2D eigenvalue weighted by molar-refractivity contribution is -0.284. The predicted molar refractivity (Wildman–Crippen MR) is 103 cm³/mol. The highest BCUT2D eigenvalue weighted by Crippen LogP contribution is 2.24. The predicted octanol–water partition coefficient (Wildman–Crippen LogP) is 3.09. The largest absolute Gasteiger partial charge is 0.388 e. The van der Waals surface area contributed by atoms with Crippen LogP contribution in [0.2, 0.25) is 0 Å². The average Bonchev–Trinajstić information content (AvgIpc) is 2.62. The minimum absolute atomic E-state index is 0.503. The van der Waals surface area contributed by atoms with Crippen LogP contribution in [0.5, 0.6) is 0 Å². The monoisotopic (exact) mass is 378 g/mol. The Morgan fingerprint density at radius 1 is 0.800 bits per heavy atom. The van der Waals surface area contributed by atoms with Gasteiger partial charge in [0.25, 0.3) is 0 Å². The fourth-order valence-electron chi connectivity index (χ4n) is 3.14. The van der Waals surface area contributed by atoms with Crippen LogP contribution in [-0.2, 0) is 9.47 Å². The van der Waals surface area contributed by atoms with E-state index in [1.54, 1.807) is 11.8 Å². The number of hydrogen-bond donors (Lipinski definition) is 3. The molecule has 1 fully saturated rings. The van der Waals surface area contributed by atoms with Gasteiger partial charge in [-0.05, 0) is 12.2 Å².